The Bertz CT molecular complexity index is 1080. The maximum absolute atomic E-state index is 13.2. The van der Waals surface area contributed by atoms with Gasteiger partial charge in [-0.3, -0.25) is 9.47 Å². The molecule has 0 saturated heterocycles. The molecule has 0 saturated carbocycles. The zero-order chi connectivity index (χ0) is 21.5. The first-order chi connectivity index (χ1) is 14.2. The second-order valence-electron chi connectivity index (χ2n) is 7.78. The van der Waals surface area contributed by atoms with Crippen LogP contribution < -0.4 is 0 Å². The molecular weight excluding hydrogens is 415 g/mol. The van der Waals surface area contributed by atoms with Crippen molar-refractivity contribution in [3.63, 3.8) is 0 Å². The summed E-state index contributed by atoms with van der Waals surface area (Å²) in [5.74, 6) is 0.918. The SMILES string of the molecule is C[C@](O)(CN1CCc2oc(-c3ccc(F)cc3)cc2C1)Cn1cc([N+](=O)[O-])nc1Cl. The predicted octanol–water partition coefficient (Wildman–Crippen LogP) is 3.65. The number of aliphatic hydroxyl groups is 1. The van der Waals surface area contributed by atoms with E-state index in [1.165, 1.54) is 22.9 Å². The number of nitro groups is 1. The molecule has 1 aliphatic heterocycles. The van der Waals surface area contributed by atoms with Gasteiger partial charge in [0.25, 0.3) is 0 Å². The van der Waals surface area contributed by atoms with Crippen LogP contribution in [0.2, 0.25) is 5.28 Å². The van der Waals surface area contributed by atoms with E-state index in [-0.39, 0.29) is 23.5 Å². The van der Waals surface area contributed by atoms with Crippen LogP contribution in [0, 0.1) is 15.9 Å². The number of imidazole rings is 1. The van der Waals surface area contributed by atoms with E-state index < -0.39 is 10.5 Å². The van der Waals surface area contributed by atoms with Crippen molar-refractivity contribution in [1.82, 2.24) is 14.5 Å². The molecule has 1 N–H and O–H groups in total. The van der Waals surface area contributed by atoms with E-state index in [1.54, 1.807) is 19.1 Å². The van der Waals surface area contributed by atoms with E-state index >= 15 is 0 Å². The Balaban J connectivity index is 1.44. The molecule has 0 fully saturated rings. The van der Waals surface area contributed by atoms with Crippen molar-refractivity contribution in [2.75, 3.05) is 13.1 Å². The molecule has 0 radical (unpaired) electrons. The molecule has 8 nitrogen and oxygen atoms in total. The molecule has 1 atom stereocenters. The van der Waals surface area contributed by atoms with Crippen molar-refractivity contribution in [2.24, 2.45) is 0 Å². The lowest BCUT2D eigenvalue weighted by Crippen LogP contribution is -2.45. The number of hydrogen-bond donors (Lipinski definition) is 1. The number of benzene rings is 1. The molecule has 0 amide bonds. The summed E-state index contributed by atoms with van der Waals surface area (Å²) in [7, 11) is 0. The number of hydrogen-bond acceptors (Lipinski definition) is 6. The molecule has 3 aromatic rings. The number of furan rings is 1. The average molecular weight is 435 g/mol. The zero-order valence-corrected chi connectivity index (χ0v) is 17.0. The summed E-state index contributed by atoms with van der Waals surface area (Å²) < 4.78 is 20.5. The molecule has 3 heterocycles. The van der Waals surface area contributed by atoms with E-state index in [0.29, 0.717) is 31.8 Å². The van der Waals surface area contributed by atoms with Gasteiger partial charge in [-0.2, -0.15) is 0 Å². The fourth-order valence-electron chi connectivity index (χ4n) is 3.76. The first-order valence-corrected chi connectivity index (χ1v) is 9.77. The van der Waals surface area contributed by atoms with Crippen molar-refractivity contribution in [1.29, 1.82) is 0 Å². The van der Waals surface area contributed by atoms with Gasteiger partial charge >= 0.3 is 11.1 Å². The Kier molecular flexibility index (Phi) is 5.35. The van der Waals surface area contributed by atoms with Gasteiger partial charge in [0.05, 0.1) is 12.1 Å². The summed E-state index contributed by atoms with van der Waals surface area (Å²) >= 11 is 5.96. The van der Waals surface area contributed by atoms with Crippen LogP contribution in [-0.4, -0.2) is 43.2 Å². The van der Waals surface area contributed by atoms with Gasteiger partial charge in [-0.15, -0.1) is 0 Å². The van der Waals surface area contributed by atoms with Crippen LogP contribution in [-0.2, 0) is 19.5 Å². The van der Waals surface area contributed by atoms with Crippen molar-refractivity contribution in [3.05, 3.63) is 69.1 Å². The van der Waals surface area contributed by atoms with E-state index in [0.717, 1.165) is 16.9 Å². The molecule has 0 aliphatic carbocycles. The normalized spacial score (nSPS) is 16.3. The van der Waals surface area contributed by atoms with Gasteiger partial charge in [0.1, 0.15) is 23.5 Å². The molecule has 1 aliphatic rings. The number of halogens is 2. The number of fused-ring (bicyclic) bond motifs is 1. The van der Waals surface area contributed by atoms with Crippen molar-refractivity contribution < 1.29 is 18.8 Å². The average Bonchev–Trinajstić information content (AvgIpc) is 3.25. The van der Waals surface area contributed by atoms with Crippen LogP contribution in [0.3, 0.4) is 0 Å². The number of β-amino-alcohol motifs (C(OH)–C–C–N with tert-alkyl or cyclic N) is 1. The molecule has 2 aromatic heterocycles. The Morgan fingerprint density at radius 1 is 1.37 bits per heavy atom. The van der Waals surface area contributed by atoms with Gasteiger partial charge in [0.15, 0.2) is 0 Å². The maximum atomic E-state index is 13.2. The van der Waals surface area contributed by atoms with Gasteiger partial charge in [0, 0.05) is 37.2 Å². The molecule has 30 heavy (non-hydrogen) atoms. The lowest BCUT2D eigenvalue weighted by atomic mass is 10.0. The van der Waals surface area contributed by atoms with Gasteiger partial charge < -0.3 is 19.6 Å². The van der Waals surface area contributed by atoms with E-state index in [4.69, 9.17) is 16.0 Å². The highest BCUT2D eigenvalue weighted by Crippen LogP contribution is 2.30. The van der Waals surface area contributed by atoms with Crippen molar-refractivity contribution in [2.45, 2.75) is 32.0 Å². The molecular formula is C20H20ClFN4O4. The van der Waals surface area contributed by atoms with Crippen LogP contribution in [0.4, 0.5) is 10.2 Å². The largest absolute Gasteiger partial charge is 0.461 e. The minimum Gasteiger partial charge on any atom is -0.461 e. The topological polar surface area (TPSA) is 97.6 Å². The quantitative estimate of drug-likeness (QED) is 0.469. The minimum atomic E-state index is -1.18. The van der Waals surface area contributed by atoms with Crippen LogP contribution in [0.5, 0.6) is 0 Å². The maximum Gasteiger partial charge on any atom is 0.383 e. The molecule has 1 aromatic carbocycles. The summed E-state index contributed by atoms with van der Waals surface area (Å²) in [6.07, 6.45) is 1.90. The molecule has 4 rings (SSSR count). The standard InChI is InChI=1S/C20H20ClFN4O4/c1-20(27,12-25-10-18(26(28)29)23-19(25)21)11-24-7-6-16-14(9-24)8-17(30-16)13-2-4-15(22)5-3-13/h2-5,8,10,27H,6-7,9,11-12H2,1H3/t20-/m0/s1. The zero-order valence-electron chi connectivity index (χ0n) is 16.2. The highest BCUT2D eigenvalue weighted by atomic mass is 35.5. The summed E-state index contributed by atoms with van der Waals surface area (Å²) in [6, 6.07) is 8.09. The smallest absolute Gasteiger partial charge is 0.383 e. The second kappa shape index (κ2) is 7.82. The Morgan fingerprint density at radius 3 is 2.77 bits per heavy atom. The summed E-state index contributed by atoms with van der Waals surface area (Å²) in [6.45, 7) is 3.35. The lowest BCUT2D eigenvalue weighted by molar-refractivity contribution is -0.389. The summed E-state index contributed by atoms with van der Waals surface area (Å²) in [5, 5.41) is 21.7. The van der Waals surface area contributed by atoms with Crippen LogP contribution in [0.25, 0.3) is 11.3 Å². The third-order valence-corrected chi connectivity index (χ3v) is 5.35. The third kappa shape index (κ3) is 4.38. The Hall–Kier alpha value is -2.75. The van der Waals surface area contributed by atoms with Gasteiger partial charge in [-0.05, 0) is 58.8 Å². The predicted molar refractivity (Wildman–Crippen MR) is 108 cm³/mol. The van der Waals surface area contributed by atoms with Crippen molar-refractivity contribution in [3.8, 4) is 11.3 Å². The molecule has 0 bridgehead atoms. The highest BCUT2D eigenvalue weighted by molar-refractivity contribution is 6.28. The van der Waals surface area contributed by atoms with E-state index in [2.05, 4.69) is 9.88 Å². The van der Waals surface area contributed by atoms with Crippen LogP contribution in [0.1, 0.15) is 18.2 Å². The number of nitrogens with zero attached hydrogens (tertiary/aromatic N) is 4. The summed E-state index contributed by atoms with van der Waals surface area (Å²) in [4.78, 5) is 16.0. The lowest BCUT2D eigenvalue weighted by Gasteiger charge is -2.33. The second-order valence-corrected chi connectivity index (χ2v) is 8.11. The highest BCUT2D eigenvalue weighted by Gasteiger charge is 2.30. The monoisotopic (exact) mass is 434 g/mol. The molecule has 0 unspecified atom stereocenters. The fourth-order valence-corrected chi connectivity index (χ4v) is 3.96. The minimum absolute atomic E-state index is 0.0401. The number of aromatic nitrogens is 2. The van der Waals surface area contributed by atoms with Gasteiger partial charge in [0.2, 0.25) is 0 Å². The molecule has 158 valence electrons. The van der Waals surface area contributed by atoms with Crippen molar-refractivity contribution >= 4 is 17.4 Å². The number of rotatable bonds is 6. The Labute approximate surface area is 176 Å². The summed E-state index contributed by atoms with van der Waals surface area (Å²) in [5.41, 5.74) is 0.646. The third-order valence-electron chi connectivity index (χ3n) is 5.05. The fraction of sp³-hybridized carbons (Fsp3) is 0.350. The first-order valence-electron chi connectivity index (χ1n) is 9.39. The first kappa shape index (κ1) is 20.5. The molecule has 10 heteroatoms. The Morgan fingerprint density at radius 2 is 2.10 bits per heavy atom. The van der Waals surface area contributed by atoms with E-state index in [1.807, 2.05) is 6.07 Å². The van der Waals surface area contributed by atoms with Crippen LogP contribution >= 0.6 is 11.6 Å². The van der Waals surface area contributed by atoms with E-state index in [9.17, 15) is 19.6 Å². The van der Waals surface area contributed by atoms with Crippen LogP contribution in [0.15, 0.2) is 40.9 Å². The van der Waals surface area contributed by atoms with Gasteiger partial charge in [-0.25, -0.2) is 4.39 Å². The molecule has 0 spiro atoms. The van der Waals surface area contributed by atoms with Gasteiger partial charge in [-0.1, -0.05) is 0 Å².